The predicted octanol–water partition coefficient (Wildman–Crippen LogP) is 2.47. The van der Waals surface area contributed by atoms with Crippen LogP contribution in [0.2, 0.25) is 0 Å². The quantitative estimate of drug-likeness (QED) is 0.399. The minimum absolute atomic E-state index is 0.101. The molecule has 0 amide bonds. The maximum Gasteiger partial charge on any atom is 0.146 e. The summed E-state index contributed by atoms with van der Waals surface area (Å²) in [5.41, 5.74) is 5.60. The fourth-order valence-electron chi connectivity index (χ4n) is 0.976. The van der Waals surface area contributed by atoms with Crippen LogP contribution in [0.1, 0.15) is 32.6 Å². The average molecular weight is 410 g/mol. The molecule has 13 heavy (non-hydrogen) atoms. The Balaban J connectivity index is 3.21. The summed E-state index contributed by atoms with van der Waals surface area (Å²) < 4.78 is 2.11. The van der Waals surface area contributed by atoms with Crippen LogP contribution in [0.4, 0.5) is 0 Å². The third-order valence-corrected chi connectivity index (χ3v) is 2.83. The Kier molecular flexibility index (Phi) is 9.04. The highest BCUT2D eigenvalue weighted by atomic mass is 127. The van der Waals surface area contributed by atoms with Gasteiger partial charge in [0.1, 0.15) is 5.78 Å². The number of nitrogens with zero attached hydrogens (tertiary/aromatic N) is 1. The number of unbranched alkanes of at least 4 members (excludes halogenated alkanes) is 2. The number of carbonyl (C=O) groups excluding carboxylic acids is 1. The molecule has 0 aliphatic carbocycles. The van der Waals surface area contributed by atoms with Gasteiger partial charge in [0.05, 0.1) is 6.04 Å². The number of ketones is 1. The Hall–Kier alpha value is 1.05. The first kappa shape index (κ1) is 14.1. The average Bonchev–Trinajstić information content (AvgIpc) is 2.02. The molecule has 1 atom stereocenters. The number of rotatable bonds is 7. The molecular formula is C8H16I2N2O. The third kappa shape index (κ3) is 9.36. The van der Waals surface area contributed by atoms with Crippen molar-refractivity contribution in [1.29, 1.82) is 0 Å². The van der Waals surface area contributed by atoms with Gasteiger partial charge in [-0.3, -0.25) is 4.79 Å². The van der Waals surface area contributed by atoms with Crippen LogP contribution in [0, 0.1) is 0 Å². The van der Waals surface area contributed by atoms with Gasteiger partial charge < -0.3 is 5.73 Å². The first-order valence-electron chi connectivity index (χ1n) is 4.39. The number of nitrogens with two attached hydrogens (primary N) is 1. The predicted molar refractivity (Wildman–Crippen MR) is 71.9 cm³/mol. The molecule has 0 aromatic rings. The number of halogens is 2. The fourth-order valence-corrected chi connectivity index (χ4v) is 1.66. The van der Waals surface area contributed by atoms with E-state index in [1.54, 1.807) is 6.92 Å². The van der Waals surface area contributed by atoms with E-state index in [1.165, 1.54) is 6.42 Å². The Morgan fingerprint density at radius 2 is 2.00 bits per heavy atom. The van der Waals surface area contributed by atoms with Crippen molar-refractivity contribution in [3.8, 4) is 0 Å². The highest BCUT2D eigenvalue weighted by Gasteiger charge is 2.06. The first-order valence-corrected chi connectivity index (χ1v) is 6.32. The largest absolute Gasteiger partial charge is 0.322 e. The van der Waals surface area contributed by atoms with Crippen molar-refractivity contribution >= 4 is 51.5 Å². The number of Topliss-reactive ketones (excluding diaryl/α,β-unsaturated/α-hetero) is 1. The van der Waals surface area contributed by atoms with Crippen molar-refractivity contribution in [2.45, 2.75) is 38.6 Å². The number of carbonyl (C=O) groups is 1. The lowest BCUT2D eigenvalue weighted by Crippen LogP contribution is -2.27. The van der Waals surface area contributed by atoms with Crippen molar-refractivity contribution in [3.63, 3.8) is 0 Å². The number of hydrogen-bond acceptors (Lipinski definition) is 3. The van der Waals surface area contributed by atoms with Gasteiger partial charge in [0, 0.05) is 52.3 Å². The van der Waals surface area contributed by atoms with E-state index in [-0.39, 0.29) is 11.8 Å². The van der Waals surface area contributed by atoms with E-state index in [1.807, 2.05) is 0 Å². The Morgan fingerprint density at radius 1 is 1.38 bits per heavy atom. The molecule has 0 rings (SSSR count). The van der Waals surface area contributed by atoms with E-state index in [0.29, 0.717) is 0 Å². The van der Waals surface area contributed by atoms with Crippen LogP contribution in [0.3, 0.4) is 0 Å². The molecule has 0 saturated carbocycles. The highest BCUT2D eigenvalue weighted by Crippen LogP contribution is 2.10. The van der Waals surface area contributed by atoms with Crippen molar-refractivity contribution < 1.29 is 4.79 Å². The van der Waals surface area contributed by atoms with Crippen LogP contribution in [0.15, 0.2) is 0 Å². The molecule has 0 fully saturated rings. The van der Waals surface area contributed by atoms with Crippen LogP contribution in [0.25, 0.3) is 0 Å². The van der Waals surface area contributed by atoms with E-state index >= 15 is 0 Å². The zero-order valence-corrected chi connectivity index (χ0v) is 12.1. The summed E-state index contributed by atoms with van der Waals surface area (Å²) in [6.45, 7) is 2.65. The second kappa shape index (κ2) is 8.37. The SMILES string of the molecule is CC(=O)C(N)CCCCCN(I)I. The molecular weight excluding hydrogens is 394 g/mol. The molecule has 0 spiro atoms. The molecule has 78 valence electrons. The van der Waals surface area contributed by atoms with Gasteiger partial charge >= 0.3 is 0 Å². The van der Waals surface area contributed by atoms with Crippen molar-refractivity contribution in [2.24, 2.45) is 5.73 Å². The van der Waals surface area contributed by atoms with E-state index in [2.05, 4.69) is 47.1 Å². The first-order chi connectivity index (χ1) is 6.04. The maximum atomic E-state index is 10.8. The zero-order valence-electron chi connectivity index (χ0n) is 7.80. The summed E-state index contributed by atoms with van der Waals surface area (Å²) in [7, 11) is 0. The third-order valence-electron chi connectivity index (χ3n) is 1.86. The normalized spacial score (nSPS) is 13.3. The van der Waals surface area contributed by atoms with Gasteiger partial charge in [0.2, 0.25) is 0 Å². The Bertz CT molecular complexity index is 153. The summed E-state index contributed by atoms with van der Waals surface area (Å²) in [5.74, 6) is 0.101. The van der Waals surface area contributed by atoms with Crippen LogP contribution in [-0.2, 0) is 4.79 Å². The van der Waals surface area contributed by atoms with E-state index < -0.39 is 0 Å². The monoisotopic (exact) mass is 410 g/mol. The zero-order chi connectivity index (χ0) is 10.3. The van der Waals surface area contributed by atoms with Gasteiger partial charge in [-0.15, -0.1) is 0 Å². The standard InChI is InChI=1S/C8H16I2N2O/c1-7(13)8(11)5-3-2-4-6-12(9)10/h8H,2-6,11H2,1H3. The molecule has 0 aliphatic heterocycles. The van der Waals surface area contributed by atoms with Crippen LogP contribution in [0.5, 0.6) is 0 Å². The topological polar surface area (TPSA) is 46.3 Å². The van der Waals surface area contributed by atoms with E-state index in [9.17, 15) is 4.79 Å². The van der Waals surface area contributed by atoms with Gasteiger partial charge in [-0.05, 0) is 19.8 Å². The number of hydrogen-bond donors (Lipinski definition) is 1. The van der Waals surface area contributed by atoms with E-state index in [4.69, 9.17) is 5.73 Å². The van der Waals surface area contributed by atoms with Crippen molar-refractivity contribution in [1.82, 2.24) is 1.33 Å². The second-order valence-electron chi connectivity index (χ2n) is 3.09. The molecule has 0 bridgehead atoms. The smallest absolute Gasteiger partial charge is 0.146 e. The summed E-state index contributed by atoms with van der Waals surface area (Å²) in [4.78, 5) is 10.8. The lowest BCUT2D eigenvalue weighted by atomic mass is 10.1. The van der Waals surface area contributed by atoms with Gasteiger partial charge in [-0.2, -0.15) is 1.33 Å². The van der Waals surface area contributed by atoms with Gasteiger partial charge in [0.25, 0.3) is 0 Å². The van der Waals surface area contributed by atoms with Gasteiger partial charge in [-0.25, -0.2) is 0 Å². The van der Waals surface area contributed by atoms with Crippen molar-refractivity contribution in [3.05, 3.63) is 0 Å². The minimum atomic E-state index is -0.240. The molecule has 1 unspecified atom stereocenters. The molecule has 0 saturated heterocycles. The molecule has 5 heteroatoms. The highest BCUT2D eigenvalue weighted by molar-refractivity contribution is 14.2. The van der Waals surface area contributed by atoms with E-state index in [0.717, 1.165) is 25.8 Å². The summed E-state index contributed by atoms with van der Waals surface area (Å²) in [6, 6.07) is -0.240. The molecule has 0 aliphatic rings. The summed E-state index contributed by atoms with van der Waals surface area (Å²) in [5, 5.41) is 0. The lowest BCUT2D eigenvalue weighted by molar-refractivity contribution is -0.118. The molecule has 0 heterocycles. The molecule has 0 aromatic carbocycles. The molecule has 0 radical (unpaired) electrons. The summed E-state index contributed by atoms with van der Waals surface area (Å²) >= 11 is 4.52. The van der Waals surface area contributed by atoms with Crippen LogP contribution in [-0.4, -0.2) is 19.7 Å². The fraction of sp³-hybridized carbons (Fsp3) is 0.875. The summed E-state index contributed by atoms with van der Waals surface area (Å²) in [6.07, 6.45) is 4.22. The Morgan fingerprint density at radius 3 is 2.46 bits per heavy atom. The van der Waals surface area contributed by atoms with Crippen molar-refractivity contribution in [2.75, 3.05) is 6.54 Å². The van der Waals surface area contributed by atoms with Gasteiger partial charge in [-0.1, -0.05) is 12.8 Å². The molecule has 3 nitrogen and oxygen atoms in total. The van der Waals surface area contributed by atoms with Gasteiger partial charge in [0.15, 0.2) is 0 Å². The lowest BCUT2D eigenvalue weighted by Gasteiger charge is -2.07. The van der Waals surface area contributed by atoms with Crippen LogP contribution < -0.4 is 5.73 Å². The molecule has 2 N–H and O–H groups in total. The van der Waals surface area contributed by atoms with Crippen LogP contribution >= 0.6 is 45.7 Å². The second-order valence-corrected chi connectivity index (χ2v) is 7.27. The minimum Gasteiger partial charge on any atom is -0.322 e. The Labute approximate surface area is 108 Å². The maximum absolute atomic E-state index is 10.8. The molecule has 0 aromatic heterocycles.